The fraction of sp³-hybridized carbons (Fsp3) is 0.556. The lowest BCUT2D eigenvalue weighted by atomic mass is 10.1. The number of nitrogens with zero attached hydrogens (tertiary/aromatic N) is 2. The van der Waals surface area contributed by atoms with Gasteiger partial charge in [-0.15, -0.1) is 11.3 Å². The van der Waals surface area contributed by atoms with E-state index in [-0.39, 0.29) is 0 Å². The van der Waals surface area contributed by atoms with Crippen molar-refractivity contribution in [2.75, 3.05) is 13.6 Å². The number of rotatable bonds is 8. The predicted octanol–water partition coefficient (Wildman–Crippen LogP) is 3.40. The van der Waals surface area contributed by atoms with Crippen molar-refractivity contribution in [3.63, 3.8) is 0 Å². The van der Waals surface area contributed by atoms with Gasteiger partial charge < -0.3 is 15.2 Å². The standard InChI is InChI=1S/C18H28N4OS/c1-5-16-15(17(6-2)23-22-16)12-21-18(19-4)20-11-13(3)10-14-8-7-9-24-14/h7-9,13H,5-6,10-12H2,1-4H3,(H2,19,20,21). The highest BCUT2D eigenvalue weighted by atomic mass is 32.1. The summed E-state index contributed by atoms with van der Waals surface area (Å²) in [6, 6.07) is 4.30. The highest BCUT2D eigenvalue weighted by molar-refractivity contribution is 7.09. The molecular formula is C18H28N4OS. The zero-order valence-corrected chi connectivity index (χ0v) is 15.9. The molecule has 0 aliphatic carbocycles. The third kappa shape index (κ3) is 5.09. The Morgan fingerprint density at radius 3 is 2.79 bits per heavy atom. The molecule has 6 heteroatoms. The van der Waals surface area contributed by atoms with E-state index in [4.69, 9.17) is 4.52 Å². The largest absolute Gasteiger partial charge is 0.361 e. The molecule has 0 bridgehead atoms. The molecule has 2 aromatic rings. The minimum atomic E-state index is 0.551. The van der Waals surface area contributed by atoms with Gasteiger partial charge in [0, 0.05) is 37.0 Å². The number of hydrogen-bond acceptors (Lipinski definition) is 4. The molecule has 0 saturated carbocycles. The molecule has 1 unspecified atom stereocenters. The van der Waals surface area contributed by atoms with E-state index < -0.39 is 0 Å². The Kier molecular flexibility index (Phi) is 7.31. The summed E-state index contributed by atoms with van der Waals surface area (Å²) in [7, 11) is 1.80. The van der Waals surface area contributed by atoms with Gasteiger partial charge in [-0.1, -0.05) is 32.0 Å². The number of thiophene rings is 1. The molecule has 2 N–H and O–H groups in total. The second kappa shape index (κ2) is 9.47. The summed E-state index contributed by atoms with van der Waals surface area (Å²) in [4.78, 5) is 5.74. The molecule has 0 amide bonds. The minimum Gasteiger partial charge on any atom is -0.361 e. The van der Waals surface area contributed by atoms with Gasteiger partial charge >= 0.3 is 0 Å². The van der Waals surface area contributed by atoms with Crippen LogP contribution in [0.4, 0.5) is 0 Å². The molecule has 2 heterocycles. The first-order valence-corrected chi connectivity index (χ1v) is 9.49. The van der Waals surface area contributed by atoms with Crippen molar-refractivity contribution in [3.8, 4) is 0 Å². The minimum absolute atomic E-state index is 0.551. The van der Waals surface area contributed by atoms with Crippen LogP contribution < -0.4 is 10.6 Å². The van der Waals surface area contributed by atoms with Crippen LogP contribution in [0.25, 0.3) is 0 Å². The van der Waals surface area contributed by atoms with Gasteiger partial charge in [0.1, 0.15) is 5.76 Å². The molecule has 24 heavy (non-hydrogen) atoms. The van der Waals surface area contributed by atoms with Crippen molar-refractivity contribution < 1.29 is 4.52 Å². The maximum absolute atomic E-state index is 5.41. The Morgan fingerprint density at radius 1 is 1.33 bits per heavy atom. The van der Waals surface area contributed by atoms with E-state index in [0.717, 1.165) is 48.8 Å². The van der Waals surface area contributed by atoms with E-state index in [1.54, 1.807) is 7.05 Å². The van der Waals surface area contributed by atoms with Crippen molar-refractivity contribution in [2.24, 2.45) is 10.9 Å². The molecule has 1 atom stereocenters. The number of aliphatic imine (C=N–C) groups is 1. The van der Waals surface area contributed by atoms with Crippen LogP contribution >= 0.6 is 11.3 Å². The van der Waals surface area contributed by atoms with Crippen LogP contribution in [-0.4, -0.2) is 24.7 Å². The normalized spacial score (nSPS) is 13.1. The lowest BCUT2D eigenvalue weighted by Gasteiger charge is -2.15. The molecule has 0 saturated heterocycles. The van der Waals surface area contributed by atoms with Gasteiger partial charge in [-0.2, -0.15) is 0 Å². The Hall–Kier alpha value is -1.82. The highest BCUT2D eigenvalue weighted by Gasteiger charge is 2.14. The van der Waals surface area contributed by atoms with Gasteiger partial charge in [0.15, 0.2) is 5.96 Å². The number of aryl methyl sites for hydroxylation is 2. The molecular weight excluding hydrogens is 320 g/mol. The molecule has 132 valence electrons. The second-order valence-electron chi connectivity index (χ2n) is 5.93. The summed E-state index contributed by atoms with van der Waals surface area (Å²) in [5.41, 5.74) is 2.19. The average Bonchev–Trinajstić information content (AvgIpc) is 3.23. The number of nitrogens with one attached hydrogen (secondary N) is 2. The number of hydrogen-bond donors (Lipinski definition) is 2. The zero-order valence-electron chi connectivity index (χ0n) is 15.1. The molecule has 0 aliphatic heterocycles. The lowest BCUT2D eigenvalue weighted by molar-refractivity contribution is 0.380. The van der Waals surface area contributed by atoms with Gasteiger partial charge in [0.2, 0.25) is 0 Å². The fourth-order valence-corrected chi connectivity index (χ4v) is 3.52. The first-order valence-electron chi connectivity index (χ1n) is 8.61. The van der Waals surface area contributed by atoms with E-state index in [2.05, 4.69) is 59.1 Å². The Bertz CT molecular complexity index is 612. The maximum Gasteiger partial charge on any atom is 0.191 e. The topological polar surface area (TPSA) is 62.5 Å². The van der Waals surface area contributed by atoms with Crippen LogP contribution in [0.1, 0.15) is 42.7 Å². The van der Waals surface area contributed by atoms with Gasteiger partial charge in [-0.05, 0) is 30.2 Å². The molecule has 0 aromatic carbocycles. The van der Waals surface area contributed by atoms with Crippen LogP contribution in [0.3, 0.4) is 0 Å². The van der Waals surface area contributed by atoms with Crippen molar-refractivity contribution >= 4 is 17.3 Å². The summed E-state index contributed by atoms with van der Waals surface area (Å²) >= 11 is 1.82. The third-order valence-corrected chi connectivity index (χ3v) is 4.91. The van der Waals surface area contributed by atoms with Crippen LogP contribution in [0, 0.1) is 5.92 Å². The van der Waals surface area contributed by atoms with Gasteiger partial charge in [0.05, 0.1) is 5.69 Å². The molecule has 2 aromatic heterocycles. The molecule has 0 spiro atoms. The van der Waals surface area contributed by atoms with Crippen LogP contribution in [-0.2, 0) is 25.8 Å². The Labute approximate surface area is 148 Å². The van der Waals surface area contributed by atoms with Crippen LogP contribution in [0.5, 0.6) is 0 Å². The molecule has 5 nitrogen and oxygen atoms in total. The maximum atomic E-state index is 5.41. The van der Waals surface area contributed by atoms with Gasteiger partial charge in [-0.25, -0.2) is 0 Å². The first kappa shape index (κ1) is 18.5. The van der Waals surface area contributed by atoms with Gasteiger partial charge in [0.25, 0.3) is 0 Å². The molecule has 0 radical (unpaired) electrons. The fourth-order valence-electron chi connectivity index (χ4n) is 2.65. The summed E-state index contributed by atoms with van der Waals surface area (Å²) in [5, 5.41) is 13.1. The molecule has 2 rings (SSSR count). The predicted molar refractivity (Wildman–Crippen MR) is 101 cm³/mol. The zero-order chi connectivity index (χ0) is 17.4. The van der Waals surface area contributed by atoms with Crippen LogP contribution in [0.2, 0.25) is 0 Å². The number of aromatic nitrogens is 1. The van der Waals surface area contributed by atoms with Crippen molar-refractivity contribution in [3.05, 3.63) is 39.4 Å². The van der Waals surface area contributed by atoms with Crippen LogP contribution in [0.15, 0.2) is 27.0 Å². The summed E-state index contributed by atoms with van der Waals surface area (Å²) in [5.74, 6) is 2.33. The van der Waals surface area contributed by atoms with E-state index >= 15 is 0 Å². The van der Waals surface area contributed by atoms with Crippen molar-refractivity contribution in [1.29, 1.82) is 0 Å². The molecule has 0 aliphatic rings. The summed E-state index contributed by atoms with van der Waals surface area (Å²) < 4.78 is 5.41. The Balaban J connectivity index is 1.83. The van der Waals surface area contributed by atoms with Gasteiger partial charge in [-0.3, -0.25) is 4.99 Å². The van der Waals surface area contributed by atoms with E-state index in [9.17, 15) is 0 Å². The Morgan fingerprint density at radius 2 is 2.17 bits per heavy atom. The monoisotopic (exact) mass is 348 g/mol. The smallest absolute Gasteiger partial charge is 0.191 e. The van der Waals surface area contributed by atoms with Crippen molar-refractivity contribution in [1.82, 2.24) is 15.8 Å². The summed E-state index contributed by atoms with van der Waals surface area (Å²) in [6.07, 6.45) is 2.82. The van der Waals surface area contributed by atoms with E-state index in [1.165, 1.54) is 4.88 Å². The highest BCUT2D eigenvalue weighted by Crippen LogP contribution is 2.16. The molecule has 0 fully saturated rings. The lowest BCUT2D eigenvalue weighted by Crippen LogP contribution is -2.39. The average molecular weight is 349 g/mol. The SMILES string of the molecule is CCc1noc(CC)c1CNC(=NC)NCC(C)Cc1cccs1. The second-order valence-corrected chi connectivity index (χ2v) is 6.97. The third-order valence-electron chi connectivity index (χ3n) is 4.01. The summed E-state index contributed by atoms with van der Waals surface area (Å²) in [6.45, 7) is 8.02. The number of guanidine groups is 1. The quantitative estimate of drug-likeness (QED) is 0.567. The first-order chi connectivity index (χ1) is 11.7. The van der Waals surface area contributed by atoms with E-state index in [1.807, 2.05) is 11.3 Å². The van der Waals surface area contributed by atoms with Crippen molar-refractivity contribution in [2.45, 2.75) is 46.6 Å². The van der Waals surface area contributed by atoms with E-state index in [0.29, 0.717) is 12.5 Å².